The third kappa shape index (κ3) is 3.16. The Morgan fingerprint density at radius 2 is 1.95 bits per heavy atom. The zero-order valence-electron chi connectivity index (χ0n) is 12.0. The van der Waals surface area contributed by atoms with E-state index in [1.165, 1.54) is 0 Å². The number of benzene rings is 1. The van der Waals surface area contributed by atoms with Crippen LogP contribution in [0.15, 0.2) is 24.3 Å². The van der Waals surface area contributed by atoms with Crippen molar-refractivity contribution in [3.8, 4) is 0 Å². The number of piperazine rings is 1. The summed E-state index contributed by atoms with van der Waals surface area (Å²) in [6, 6.07) is 7.82. The van der Waals surface area contributed by atoms with Crippen LogP contribution in [-0.2, 0) is 4.79 Å². The quantitative estimate of drug-likeness (QED) is 0.910. The van der Waals surface area contributed by atoms with Crippen molar-refractivity contribution in [1.82, 2.24) is 4.90 Å². The molecule has 1 amide bonds. The highest BCUT2D eigenvalue weighted by Crippen LogP contribution is 2.28. The first-order chi connectivity index (χ1) is 10.1. The molecule has 0 radical (unpaired) electrons. The number of carbonyl (C=O) groups excluding carboxylic acids is 1. The van der Waals surface area contributed by atoms with E-state index in [-0.39, 0.29) is 11.8 Å². The SMILES string of the molecule is O=C(C1CCCC1O)N1CCN(c2cccc(Cl)c2)CC1. The predicted molar refractivity (Wildman–Crippen MR) is 83.6 cm³/mol. The number of aliphatic hydroxyl groups is 1. The van der Waals surface area contributed by atoms with E-state index >= 15 is 0 Å². The lowest BCUT2D eigenvalue weighted by molar-refractivity contribution is -0.138. The summed E-state index contributed by atoms with van der Waals surface area (Å²) in [4.78, 5) is 16.6. The fourth-order valence-corrected chi connectivity index (χ4v) is 3.51. The molecule has 114 valence electrons. The summed E-state index contributed by atoms with van der Waals surface area (Å²) in [6.45, 7) is 3.06. The molecule has 21 heavy (non-hydrogen) atoms. The summed E-state index contributed by atoms with van der Waals surface area (Å²) in [5.41, 5.74) is 1.11. The lowest BCUT2D eigenvalue weighted by Gasteiger charge is -2.37. The number of anilines is 1. The van der Waals surface area contributed by atoms with Gasteiger partial charge in [-0.2, -0.15) is 0 Å². The first-order valence-electron chi connectivity index (χ1n) is 7.62. The Kier molecular flexibility index (Phi) is 4.36. The molecule has 1 N–H and O–H groups in total. The Morgan fingerprint density at radius 1 is 1.19 bits per heavy atom. The first kappa shape index (κ1) is 14.7. The van der Waals surface area contributed by atoms with Crippen molar-refractivity contribution in [1.29, 1.82) is 0 Å². The van der Waals surface area contributed by atoms with Crippen molar-refractivity contribution in [2.24, 2.45) is 5.92 Å². The molecule has 0 spiro atoms. The van der Waals surface area contributed by atoms with Gasteiger partial charge in [0.25, 0.3) is 0 Å². The Morgan fingerprint density at radius 3 is 2.57 bits per heavy atom. The van der Waals surface area contributed by atoms with Gasteiger partial charge < -0.3 is 14.9 Å². The van der Waals surface area contributed by atoms with E-state index in [1.54, 1.807) is 0 Å². The molecule has 2 atom stereocenters. The van der Waals surface area contributed by atoms with Gasteiger partial charge in [-0.25, -0.2) is 0 Å². The van der Waals surface area contributed by atoms with Gasteiger partial charge in [-0.05, 0) is 37.5 Å². The summed E-state index contributed by atoms with van der Waals surface area (Å²) < 4.78 is 0. The maximum Gasteiger partial charge on any atom is 0.228 e. The first-order valence-corrected chi connectivity index (χ1v) is 8.00. The number of hydrogen-bond acceptors (Lipinski definition) is 3. The average molecular weight is 309 g/mol. The van der Waals surface area contributed by atoms with E-state index in [4.69, 9.17) is 11.6 Å². The van der Waals surface area contributed by atoms with E-state index in [9.17, 15) is 9.90 Å². The maximum atomic E-state index is 12.4. The highest BCUT2D eigenvalue weighted by atomic mass is 35.5. The minimum absolute atomic E-state index is 0.130. The second-order valence-corrected chi connectivity index (χ2v) is 6.33. The molecular formula is C16H21ClN2O2. The van der Waals surface area contributed by atoms with E-state index in [0.717, 1.165) is 43.1 Å². The van der Waals surface area contributed by atoms with Gasteiger partial charge in [0.15, 0.2) is 0 Å². The molecule has 0 bridgehead atoms. The van der Waals surface area contributed by atoms with Crippen LogP contribution in [0.1, 0.15) is 19.3 Å². The van der Waals surface area contributed by atoms with Crippen LogP contribution in [0, 0.1) is 5.92 Å². The van der Waals surface area contributed by atoms with Crippen molar-refractivity contribution in [2.75, 3.05) is 31.1 Å². The Hall–Kier alpha value is -1.26. The van der Waals surface area contributed by atoms with Crippen LogP contribution in [-0.4, -0.2) is 48.2 Å². The number of aliphatic hydroxyl groups excluding tert-OH is 1. The topological polar surface area (TPSA) is 43.8 Å². The molecule has 2 unspecified atom stereocenters. The lowest BCUT2D eigenvalue weighted by Crippen LogP contribution is -2.51. The van der Waals surface area contributed by atoms with Crippen LogP contribution in [0.4, 0.5) is 5.69 Å². The smallest absolute Gasteiger partial charge is 0.228 e. The zero-order chi connectivity index (χ0) is 14.8. The van der Waals surface area contributed by atoms with Crippen molar-refractivity contribution in [2.45, 2.75) is 25.4 Å². The number of carbonyl (C=O) groups is 1. The second-order valence-electron chi connectivity index (χ2n) is 5.90. The maximum absolute atomic E-state index is 12.4. The molecule has 1 aromatic carbocycles. The molecule has 1 saturated carbocycles. The van der Waals surface area contributed by atoms with Crippen LogP contribution < -0.4 is 4.90 Å². The highest BCUT2D eigenvalue weighted by Gasteiger charge is 2.35. The Bertz CT molecular complexity index is 515. The minimum atomic E-state index is -0.441. The van der Waals surface area contributed by atoms with Crippen LogP contribution in [0.5, 0.6) is 0 Å². The normalized spacial score (nSPS) is 26.2. The third-order valence-corrected chi connectivity index (χ3v) is 4.80. The van der Waals surface area contributed by atoms with Crippen LogP contribution in [0.25, 0.3) is 0 Å². The number of nitrogens with zero attached hydrogens (tertiary/aromatic N) is 2. The fourth-order valence-electron chi connectivity index (χ4n) is 3.32. The molecule has 1 saturated heterocycles. The van der Waals surface area contributed by atoms with Crippen LogP contribution >= 0.6 is 11.6 Å². The van der Waals surface area contributed by atoms with Gasteiger partial charge in [-0.15, -0.1) is 0 Å². The molecule has 2 aliphatic rings. The molecule has 4 nitrogen and oxygen atoms in total. The standard InChI is InChI=1S/C16H21ClN2O2/c17-12-3-1-4-13(11-12)18-7-9-19(10-8-18)16(21)14-5-2-6-15(14)20/h1,3-4,11,14-15,20H,2,5-10H2. The molecule has 0 aromatic heterocycles. The van der Waals surface area contributed by atoms with Gasteiger partial charge >= 0.3 is 0 Å². The predicted octanol–water partition coefficient (Wildman–Crippen LogP) is 2.15. The van der Waals surface area contributed by atoms with E-state index < -0.39 is 6.10 Å². The van der Waals surface area contributed by atoms with E-state index in [1.807, 2.05) is 29.2 Å². The minimum Gasteiger partial charge on any atom is -0.392 e. The monoisotopic (exact) mass is 308 g/mol. The summed E-state index contributed by atoms with van der Waals surface area (Å²) in [5.74, 6) is -0.0477. The lowest BCUT2D eigenvalue weighted by atomic mass is 10.0. The largest absolute Gasteiger partial charge is 0.392 e. The van der Waals surface area contributed by atoms with Gasteiger partial charge in [-0.1, -0.05) is 17.7 Å². The second kappa shape index (κ2) is 6.24. The third-order valence-electron chi connectivity index (χ3n) is 4.56. The molecule has 2 fully saturated rings. The van der Waals surface area contributed by atoms with Gasteiger partial charge in [0.05, 0.1) is 12.0 Å². The van der Waals surface area contributed by atoms with Gasteiger partial charge in [-0.3, -0.25) is 4.79 Å². The van der Waals surface area contributed by atoms with Gasteiger partial charge in [0, 0.05) is 36.9 Å². The Labute approximate surface area is 130 Å². The van der Waals surface area contributed by atoms with E-state index in [0.29, 0.717) is 13.1 Å². The van der Waals surface area contributed by atoms with Crippen molar-refractivity contribution in [3.63, 3.8) is 0 Å². The molecule has 1 heterocycles. The highest BCUT2D eigenvalue weighted by molar-refractivity contribution is 6.30. The summed E-state index contributed by atoms with van der Waals surface area (Å²) in [6.07, 6.45) is 2.11. The summed E-state index contributed by atoms with van der Waals surface area (Å²) >= 11 is 6.03. The number of amides is 1. The molecule has 5 heteroatoms. The van der Waals surface area contributed by atoms with Crippen molar-refractivity contribution < 1.29 is 9.90 Å². The summed E-state index contributed by atoms with van der Waals surface area (Å²) in [7, 11) is 0. The molecular weight excluding hydrogens is 288 g/mol. The molecule has 1 aliphatic carbocycles. The summed E-state index contributed by atoms with van der Waals surface area (Å²) in [5, 5.41) is 10.6. The number of halogens is 1. The Balaban J connectivity index is 1.59. The van der Waals surface area contributed by atoms with Gasteiger partial charge in [0.1, 0.15) is 0 Å². The fraction of sp³-hybridized carbons (Fsp3) is 0.562. The molecule has 1 aliphatic heterocycles. The number of hydrogen-bond donors (Lipinski definition) is 1. The van der Waals surface area contributed by atoms with Crippen LogP contribution in [0.2, 0.25) is 5.02 Å². The van der Waals surface area contributed by atoms with Crippen LogP contribution in [0.3, 0.4) is 0 Å². The molecule has 3 rings (SSSR count). The average Bonchev–Trinajstić information content (AvgIpc) is 2.93. The zero-order valence-corrected chi connectivity index (χ0v) is 12.8. The number of rotatable bonds is 2. The van der Waals surface area contributed by atoms with Crippen molar-refractivity contribution in [3.05, 3.63) is 29.3 Å². The molecule has 1 aromatic rings. The van der Waals surface area contributed by atoms with Crippen molar-refractivity contribution >= 4 is 23.2 Å². The van der Waals surface area contributed by atoms with Gasteiger partial charge in [0.2, 0.25) is 5.91 Å². The van der Waals surface area contributed by atoms with E-state index in [2.05, 4.69) is 4.90 Å².